The first-order valence-corrected chi connectivity index (χ1v) is 4.68. The van der Waals surface area contributed by atoms with Crippen LogP contribution < -0.4 is 0 Å². The summed E-state index contributed by atoms with van der Waals surface area (Å²) in [4.78, 5) is 11.5. The quantitative estimate of drug-likeness (QED) is 0.808. The minimum absolute atomic E-state index is 0.190. The van der Waals surface area contributed by atoms with Gasteiger partial charge in [-0.2, -0.15) is 5.26 Å². The third-order valence-corrected chi connectivity index (χ3v) is 2.13. The van der Waals surface area contributed by atoms with Crippen LogP contribution in [0.25, 0.3) is 0 Å². The SMILES string of the molecule is CC(C)(O)C(=O)Cc1ccc(C#N)cc1. The first-order chi connectivity index (χ1) is 6.93. The fourth-order valence-electron chi connectivity index (χ4n) is 1.10. The lowest BCUT2D eigenvalue weighted by Crippen LogP contribution is -2.32. The van der Waals surface area contributed by atoms with Gasteiger partial charge >= 0.3 is 0 Å². The van der Waals surface area contributed by atoms with E-state index in [0.29, 0.717) is 5.56 Å². The van der Waals surface area contributed by atoms with Crippen LogP contribution in [0.3, 0.4) is 0 Å². The number of nitrogens with zero attached hydrogens (tertiary/aromatic N) is 1. The highest BCUT2D eigenvalue weighted by Crippen LogP contribution is 2.10. The highest BCUT2D eigenvalue weighted by Gasteiger charge is 2.23. The lowest BCUT2D eigenvalue weighted by atomic mass is 9.97. The molecule has 1 aromatic carbocycles. The maximum atomic E-state index is 11.5. The molecule has 0 aromatic heterocycles. The summed E-state index contributed by atoms with van der Waals surface area (Å²) >= 11 is 0. The summed E-state index contributed by atoms with van der Waals surface area (Å²) in [6.45, 7) is 2.94. The van der Waals surface area contributed by atoms with Crippen molar-refractivity contribution >= 4 is 5.78 Å². The summed E-state index contributed by atoms with van der Waals surface area (Å²) in [5.74, 6) is -0.229. The van der Waals surface area contributed by atoms with Crippen LogP contribution in [0, 0.1) is 11.3 Å². The molecule has 0 unspecified atom stereocenters. The molecule has 0 aliphatic carbocycles. The Hall–Kier alpha value is -1.66. The van der Waals surface area contributed by atoms with Gasteiger partial charge in [0, 0.05) is 6.42 Å². The summed E-state index contributed by atoms with van der Waals surface area (Å²) in [5.41, 5.74) is 0.0732. The van der Waals surface area contributed by atoms with E-state index in [1.807, 2.05) is 6.07 Å². The van der Waals surface area contributed by atoms with E-state index in [0.717, 1.165) is 5.56 Å². The Labute approximate surface area is 89.0 Å². The fourth-order valence-corrected chi connectivity index (χ4v) is 1.10. The zero-order valence-corrected chi connectivity index (χ0v) is 8.82. The molecule has 1 rings (SSSR count). The van der Waals surface area contributed by atoms with Crippen molar-refractivity contribution in [2.75, 3.05) is 0 Å². The number of Topliss-reactive ketones (excluding diaryl/α,β-unsaturated/α-hetero) is 1. The molecule has 0 bridgehead atoms. The Morgan fingerprint density at radius 2 is 1.93 bits per heavy atom. The molecule has 15 heavy (non-hydrogen) atoms. The predicted molar refractivity (Wildman–Crippen MR) is 56.2 cm³/mol. The van der Waals surface area contributed by atoms with Gasteiger partial charge in [-0.1, -0.05) is 12.1 Å². The van der Waals surface area contributed by atoms with Crippen molar-refractivity contribution in [1.29, 1.82) is 5.26 Å². The number of ketones is 1. The molecule has 0 aliphatic heterocycles. The maximum absolute atomic E-state index is 11.5. The van der Waals surface area contributed by atoms with Crippen molar-refractivity contribution in [2.45, 2.75) is 25.9 Å². The Morgan fingerprint density at radius 3 is 2.33 bits per heavy atom. The minimum atomic E-state index is -1.30. The van der Waals surface area contributed by atoms with Crippen molar-refractivity contribution < 1.29 is 9.90 Å². The highest BCUT2D eigenvalue weighted by molar-refractivity contribution is 5.88. The second-order valence-electron chi connectivity index (χ2n) is 3.97. The lowest BCUT2D eigenvalue weighted by Gasteiger charge is -2.15. The maximum Gasteiger partial charge on any atom is 0.168 e. The molecule has 1 aromatic rings. The standard InChI is InChI=1S/C12H13NO2/c1-12(2,15)11(14)7-9-3-5-10(8-13)6-4-9/h3-6,15H,7H2,1-2H3. The Bertz CT molecular complexity index is 393. The molecule has 0 radical (unpaired) electrons. The number of rotatable bonds is 3. The van der Waals surface area contributed by atoms with Crippen molar-refractivity contribution in [2.24, 2.45) is 0 Å². The fraction of sp³-hybridized carbons (Fsp3) is 0.333. The molecule has 3 heteroatoms. The molecule has 0 fully saturated rings. The normalized spacial score (nSPS) is 10.8. The van der Waals surface area contributed by atoms with Gasteiger partial charge in [0.15, 0.2) is 5.78 Å². The first-order valence-electron chi connectivity index (χ1n) is 4.68. The monoisotopic (exact) mass is 203 g/mol. The van der Waals surface area contributed by atoms with Gasteiger partial charge in [0.2, 0.25) is 0 Å². The molecule has 0 heterocycles. The number of aliphatic hydroxyl groups is 1. The molecular formula is C12H13NO2. The molecule has 0 atom stereocenters. The number of hydrogen-bond donors (Lipinski definition) is 1. The van der Waals surface area contributed by atoms with E-state index in [-0.39, 0.29) is 12.2 Å². The van der Waals surface area contributed by atoms with Crippen molar-refractivity contribution in [3.05, 3.63) is 35.4 Å². The Balaban J connectivity index is 2.75. The van der Waals surface area contributed by atoms with Crippen LogP contribution in [0.2, 0.25) is 0 Å². The van der Waals surface area contributed by atoms with E-state index in [1.165, 1.54) is 13.8 Å². The third kappa shape index (κ3) is 3.19. The number of carbonyl (C=O) groups is 1. The zero-order valence-electron chi connectivity index (χ0n) is 8.82. The van der Waals surface area contributed by atoms with Gasteiger partial charge in [-0.3, -0.25) is 4.79 Å². The second kappa shape index (κ2) is 4.24. The number of hydrogen-bond acceptors (Lipinski definition) is 3. The van der Waals surface area contributed by atoms with Crippen LogP contribution in [0.4, 0.5) is 0 Å². The smallest absolute Gasteiger partial charge is 0.168 e. The molecule has 78 valence electrons. The van der Waals surface area contributed by atoms with E-state index in [9.17, 15) is 9.90 Å². The summed E-state index contributed by atoms with van der Waals surface area (Å²) in [6.07, 6.45) is 0.190. The second-order valence-corrected chi connectivity index (χ2v) is 3.97. The summed E-state index contributed by atoms with van der Waals surface area (Å²) in [6, 6.07) is 8.77. The third-order valence-electron chi connectivity index (χ3n) is 2.13. The highest BCUT2D eigenvalue weighted by atomic mass is 16.3. The average molecular weight is 203 g/mol. The van der Waals surface area contributed by atoms with E-state index < -0.39 is 5.60 Å². The van der Waals surface area contributed by atoms with Crippen LogP contribution in [-0.4, -0.2) is 16.5 Å². The van der Waals surface area contributed by atoms with E-state index in [2.05, 4.69) is 0 Å². The van der Waals surface area contributed by atoms with Gasteiger partial charge in [-0.15, -0.1) is 0 Å². The van der Waals surface area contributed by atoms with Crippen molar-refractivity contribution in [3.8, 4) is 6.07 Å². The Kier molecular flexibility index (Phi) is 3.23. The molecule has 0 saturated heterocycles. The molecule has 0 amide bonds. The molecular weight excluding hydrogens is 190 g/mol. The van der Waals surface area contributed by atoms with E-state index in [1.54, 1.807) is 24.3 Å². The van der Waals surface area contributed by atoms with E-state index in [4.69, 9.17) is 5.26 Å². The minimum Gasteiger partial charge on any atom is -0.383 e. The van der Waals surface area contributed by atoms with Crippen molar-refractivity contribution in [1.82, 2.24) is 0 Å². The van der Waals surface area contributed by atoms with Crippen LogP contribution in [-0.2, 0) is 11.2 Å². The molecule has 3 nitrogen and oxygen atoms in total. The van der Waals surface area contributed by atoms with Crippen LogP contribution in [0.1, 0.15) is 25.0 Å². The van der Waals surface area contributed by atoms with Crippen molar-refractivity contribution in [3.63, 3.8) is 0 Å². The van der Waals surface area contributed by atoms with Gasteiger partial charge in [0.25, 0.3) is 0 Å². The van der Waals surface area contributed by atoms with Crippen LogP contribution in [0.15, 0.2) is 24.3 Å². The molecule has 1 N–H and O–H groups in total. The average Bonchev–Trinajstić information content (AvgIpc) is 2.17. The van der Waals surface area contributed by atoms with Gasteiger partial charge in [0.05, 0.1) is 11.6 Å². The topological polar surface area (TPSA) is 61.1 Å². The molecule has 0 aliphatic rings. The summed E-state index contributed by atoms with van der Waals surface area (Å²) < 4.78 is 0. The van der Waals surface area contributed by atoms with Gasteiger partial charge in [-0.05, 0) is 31.5 Å². The lowest BCUT2D eigenvalue weighted by molar-refractivity contribution is -0.133. The number of nitriles is 1. The molecule has 0 saturated carbocycles. The van der Waals surface area contributed by atoms with Gasteiger partial charge in [-0.25, -0.2) is 0 Å². The van der Waals surface area contributed by atoms with Crippen LogP contribution in [0.5, 0.6) is 0 Å². The van der Waals surface area contributed by atoms with Gasteiger partial charge < -0.3 is 5.11 Å². The number of carbonyl (C=O) groups excluding carboxylic acids is 1. The largest absolute Gasteiger partial charge is 0.383 e. The number of benzene rings is 1. The molecule has 0 spiro atoms. The van der Waals surface area contributed by atoms with E-state index >= 15 is 0 Å². The zero-order chi connectivity index (χ0) is 11.5. The van der Waals surface area contributed by atoms with Crippen LogP contribution >= 0.6 is 0 Å². The predicted octanol–water partition coefficient (Wildman–Crippen LogP) is 1.44. The Morgan fingerprint density at radius 1 is 1.40 bits per heavy atom. The summed E-state index contributed by atoms with van der Waals surface area (Å²) in [7, 11) is 0. The van der Waals surface area contributed by atoms with Gasteiger partial charge in [0.1, 0.15) is 5.60 Å². The first kappa shape index (κ1) is 11.4. The summed E-state index contributed by atoms with van der Waals surface area (Å²) in [5, 5.41) is 18.0.